The first-order valence-electron chi connectivity index (χ1n) is 5.59. The molecule has 0 bridgehead atoms. The van der Waals surface area contributed by atoms with Gasteiger partial charge in [0.2, 0.25) is 0 Å². The lowest BCUT2D eigenvalue weighted by atomic mass is 10.1. The van der Waals surface area contributed by atoms with E-state index in [1.54, 1.807) is 18.2 Å². The van der Waals surface area contributed by atoms with E-state index in [4.69, 9.17) is 23.2 Å². The number of benzene rings is 2. The monoisotopic (exact) mass is 281 g/mol. The third-order valence-electron chi connectivity index (χ3n) is 2.62. The number of hydrogen-bond acceptors (Lipinski definition) is 2. The Balaban J connectivity index is 2.04. The smallest absolute Gasteiger partial charge is 0.0962 e. The molecule has 0 amide bonds. The van der Waals surface area contributed by atoms with Crippen LogP contribution < -0.4 is 5.32 Å². The fourth-order valence-corrected chi connectivity index (χ4v) is 2.19. The van der Waals surface area contributed by atoms with Gasteiger partial charge in [-0.05, 0) is 17.7 Å². The third-order valence-corrected chi connectivity index (χ3v) is 3.25. The summed E-state index contributed by atoms with van der Waals surface area (Å²) in [6, 6.07) is 14.7. The number of halogens is 2. The molecule has 4 heteroatoms. The molecular weight excluding hydrogens is 269 g/mol. The lowest BCUT2D eigenvalue weighted by Gasteiger charge is -2.15. The Morgan fingerprint density at radius 2 is 1.56 bits per heavy atom. The Hall–Kier alpha value is -1.22. The minimum Gasteiger partial charge on any atom is -0.387 e. The zero-order valence-electron chi connectivity index (χ0n) is 9.61. The molecular formula is C14H13Cl2NO. The highest BCUT2D eigenvalue weighted by atomic mass is 35.5. The van der Waals surface area contributed by atoms with E-state index in [-0.39, 0.29) is 0 Å². The summed E-state index contributed by atoms with van der Waals surface area (Å²) in [5, 5.41) is 14.2. The molecule has 0 aliphatic carbocycles. The van der Waals surface area contributed by atoms with Gasteiger partial charge in [0.15, 0.2) is 0 Å². The third kappa shape index (κ3) is 3.16. The number of hydrogen-bond donors (Lipinski definition) is 2. The van der Waals surface area contributed by atoms with Gasteiger partial charge in [0, 0.05) is 6.54 Å². The van der Waals surface area contributed by atoms with Gasteiger partial charge in [-0.1, -0.05) is 59.6 Å². The topological polar surface area (TPSA) is 32.3 Å². The first-order chi connectivity index (χ1) is 8.68. The number of aliphatic hydroxyl groups excluding tert-OH is 1. The zero-order valence-corrected chi connectivity index (χ0v) is 11.1. The van der Waals surface area contributed by atoms with Crippen molar-refractivity contribution in [3.8, 4) is 0 Å². The van der Waals surface area contributed by atoms with Crippen LogP contribution in [0.5, 0.6) is 0 Å². The predicted octanol–water partition coefficient (Wildman–Crippen LogP) is 4.14. The summed E-state index contributed by atoms with van der Waals surface area (Å²) in [5.41, 5.74) is 1.50. The summed E-state index contributed by atoms with van der Waals surface area (Å²) in [4.78, 5) is 0. The van der Waals surface area contributed by atoms with Crippen molar-refractivity contribution in [2.24, 2.45) is 0 Å². The maximum Gasteiger partial charge on any atom is 0.0962 e. The normalized spacial score (nSPS) is 12.2. The van der Waals surface area contributed by atoms with Crippen LogP contribution in [0.2, 0.25) is 10.0 Å². The number of nitrogens with one attached hydrogen (secondary N) is 1. The van der Waals surface area contributed by atoms with Crippen LogP contribution in [0.25, 0.3) is 0 Å². The van der Waals surface area contributed by atoms with Crippen LogP contribution in [-0.2, 0) is 0 Å². The van der Waals surface area contributed by atoms with Crippen LogP contribution in [-0.4, -0.2) is 11.7 Å². The molecule has 0 saturated heterocycles. The maximum atomic E-state index is 10.0. The molecule has 94 valence electrons. The van der Waals surface area contributed by atoms with E-state index < -0.39 is 6.10 Å². The Bertz CT molecular complexity index is 496. The van der Waals surface area contributed by atoms with Gasteiger partial charge in [0.05, 0.1) is 21.8 Å². The molecule has 0 saturated carbocycles. The van der Waals surface area contributed by atoms with Gasteiger partial charge in [0.25, 0.3) is 0 Å². The van der Waals surface area contributed by atoms with Gasteiger partial charge < -0.3 is 10.4 Å². The second-order valence-electron chi connectivity index (χ2n) is 3.90. The summed E-state index contributed by atoms with van der Waals surface area (Å²) in [6.07, 6.45) is -0.599. The fourth-order valence-electron chi connectivity index (χ4n) is 1.66. The first-order valence-corrected chi connectivity index (χ1v) is 6.35. The number of rotatable bonds is 4. The Labute approximate surface area is 116 Å². The molecule has 1 atom stereocenters. The van der Waals surface area contributed by atoms with Crippen LogP contribution in [0.15, 0.2) is 48.5 Å². The van der Waals surface area contributed by atoms with Gasteiger partial charge in [-0.25, -0.2) is 0 Å². The molecule has 18 heavy (non-hydrogen) atoms. The molecule has 2 rings (SSSR count). The van der Waals surface area contributed by atoms with Crippen LogP contribution in [0.4, 0.5) is 5.69 Å². The molecule has 1 unspecified atom stereocenters. The fraction of sp³-hybridized carbons (Fsp3) is 0.143. The van der Waals surface area contributed by atoms with E-state index in [0.29, 0.717) is 22.3 Å². The molecule has 2 aromatic carbocycles. The maximum absolute atomic E-state index is 10.0. The summed E-state index contributed by atoms with van der Waals surface area (Å²) in [7, 11) is 0. The van der Waals surface area contributed by atoms with Crippen molar-refractivity contribution < 1.29 is 5.11 Å². The van der Waals surface area contributed by atoms with Gasteiger partial charge in [0.1, 0.15) is 0 Å². The van der Waals surface area contributed by atoms with Gasteiger partial charge in [-0.3, -0.25) is 0 Å². The van der Waals surface area contributed by atoms with Crippen LogP contribution in [0.3, 0.4) is 0 Å². The predicted molar refractivity (Wildman–Crippen MR) is 76.4 cm³/mol. The van der Waals surface area contributed by atoms with E-state index in [2.05, 4.69) is 5.32 Å². The van der Waals surface area contributed by atoms with Gasteiger partial charge >= 0.3 is 0 Å². The number of aliphatic hydroxyl groups is 1. The Kier molecular flexibility index (Phi) is 4.48. The van der Waals surface area contributed by atoms with Crippen LogP contribution in [0.1, 0.15) is 11.7 Å². The Morgan fingerprint density at radius 3 is 2.17 bits per heavy atom. The van der Waals surface area contributed by atoms with Crippen LogP contribution >= 0.6 is 23.2 Å². The SMILES string of the molecule is OC(CNc1c(Cl)cccc1Cl)c1ccccc1. The van der Waals surface area contributed by atoms with E-state index in [0.717, 1.165) is 5.56 Å². The highest BCUT2D eigenvalue weighted by molar-refractivity contribution is 6.39. The molecule has 0 aliphatic heterocycles. The lowest BCUT2D eigenvalue weighted by Crippen LogP contribution is -2.12. The largest absolute Gasteiger partial charge is 0.387 e. The molecule has 2 nitrogen and oxygen atoms in total. The quantitative estimate of drug-likeness (QED) is 0.883. The van der Waals surface area contributed by atoms with E-state index in [1.807, 2.05) is 30.3 Å². The minimum absolute atomic E-state index is 0.355. The summed E-state index contributed by atoms with van der Waals surface area (Å²) < 4.78 is 0. The highest BCUT2D eigenvalue weighted by Gasteiger charge is 2.09. The minimum atomic E-state index is -0.599. The molecule has 0 radical (unpaired) electrons. The van der Waals surface area contributed by atoms with Crippen molar-refractivity contribution in [1.82, 2.24) is 0 Å². The van der Waals surface area contributed by atoms with Crippen LogP contribution in [0, 0.1) is 0 Å². The Morgan fingerprint density at radius 1 is 0.944 bits per heavy atom. The first kappa shape index (κ1) is 13.2. The average molecular weight is 282 g/mol. The molecule has 2 aromatic rings. The molecule has 0 aliphatic rings. The van der Waals surface area contributed by atoms with Gasteiger partial charge in [-0.15, -0.1) is 0 Å². The second kappa shape index (κ2) is 6.10. The number of anilines is 1. The average Bonchev–Trinajstić information content (AvgIpc) is 2.39. The highest BCUT2D eigenvalue weighted by Crippen LogP contribution is 2.30. The molecule has 2 N–H and O–H groups in total. The standard InChI is InChI=1S/C14H13Cl2NO/c15-11-7-4-8-12(16)14(11)17-9-13(18)10-5-2-1-3-6-10/h1-8,13,17-18H,9H2. The van der Waals surface area contributed by atoms with E-state index in [9.17, 15) is 5.11 Å². The van der Waals surface area contributed by atoms with Crippen molar-refractivity contribution in [3.63, 3.8) is 0 Å². The summed E-state index contributed by atoms with van der Waals surface area (Å²) >= 11 is 12.1. The van der Waals surface area contributed by atoms with Crippen molar-refractivity contribution in [3.05, 3.63) is 64.1 Å². The summed E-state index contributed by atoms with van der Waals surface area (Å²) in [6.45, 7) is 0.355. The van der Waals surface area contributed by atoms with Crippen molar-refractivity contribution in [2.75, 3.05) is 11.9 Å². The lowest BCUT2D eigenvalue weighted by molar-refractivity contribution is 0.191. The van der Waals surface area contributed by atoms with Gasteiger partial charge in [-0.2, -0.15) is 0 Å². The molecule has 0 fully saturated rings. The second-order valence-corrected chi connectivity index (χ2v) is 4.72. The van der Waals surface area contributed by atoms with Crippen molar-refractivity contribution >= 4 is 28.9 Å². The molecule has 0 spiro atoms. The van der Waals surface area contributed by atoms with E-state index >= 15 is 0 Å². The zero-order chi connectivity index (χ0) is 13.0. The summed E-state index contributed by atoms with van der Waals surface area (Å²) in [5.74, 6) is 0. The van der Waals surface area contributed by atoms with E-state index in [1.165, 1.54) is 0 Å². The number of para-hydroxylation sites is 1. The molecule has 0 heterocycles. The van der Waals surface area contributed by atoms with Crippen molar-refractivity contribution in [1.29, 1.82) is 0 Å². The molecule has 0 aromatic heterocycles. The van der Waals surface area contributed by atoms with Crippen molar-refractivity contribution in [2.45, 2.75) is 6.10 Å².